The van der Waals surface area contributed by atoms with Crippen LogP contribution >= 0.6 is 0 Å². The summed E-state index contributed by atoms with van der Waals surface area (Å²) in [6, 6.07) is 33.0. The topological polar surface area (TPSA) is 61.8 Å². The van der Waals surface area contributed by atoms with Gasteiger partial charge in [0.25, 0.3) is 0 Å². The summed E-state index contributed by atoms with van der Waals surface area (Å²) in [6.07, 6.45) is 0.743. The first-order chi connectivity index (χ1) is 18.6. The molecule has 0 spiro atoms. The molecular weight excluding hydrogens is 524 g/mol. The third kappa shape index (κ3) is 6.46. The fourth-order valence-electron chi connectivity index (χ4n) is 5.17. The van der Waals surface area contributed by atoms with Crippen molar-refractivity contribution in [1.29, 1.82) is 0 Å². The molecule has 0 aromatic heterocycles. The highest BCUT2D eigenvalue weighted by atomic mass is 16.6. The maximum atomic E-state index is 11.6. The van der Waals surface area contributed by atoms with E-state index in [4.69, 9.17) is 14.2 Å². The minimum Gasteiger partial charge on any atom is -0.490 e. The molecular formula is C37H44O5. The molecule has 5 heteroatoms. The molecule has 222 valence electrons. The normalized spacial score (nSPS) is 11.5. The van der Waals surface area contributed by atoms with Crippen LogP contribution in [0.25, 0.3) is 11.1 Å². The number of ether oxygens (including phenoxy) is 3. The first-order valence-corrected chi connectivity index (χ1v) is 12.5. The molecule has 4 aromatic carbocycles. The number of hydrogen-bond acceptors (Lipinski definition) is 5. The van der Waals surface area contributed by atoms with Gasteiger partial charge in [-0.15, -0.1) is 0 Å². The highest BCUT2D eigenvalue weighted by Crippen LogP contribution is 2.56. The number of aldehydes is 1. The van der Waals surface area contributed by atoms with Gasteiger partial charge in [-0.2, -0.15) is 0 Å². The molecule has 0 fully saturated rings. The summed E-state index contributed by atoms with van der Waals surface area (Å²) in [7, 11) is 0. The van der Waals surface area contributed by atoms with Crippen LogP contribution in [0.1, 0.15) is 58.9 Å². The summed E-state index contributed by atoms with van der Waals surface area (Å²) in [5.41, 5.74) is 6.79. The predicted octanol–water partition coefficient (Wildman–Crippen LogP) is 8.67. The number of hydrogen-bond donors (Lipinski definition) is 0. The van der Waals surface area contributed by atoms with Gasteiger partial charge in [0.05, 0.1) is 5.41 Å². The number of carbonyl (C=O) groups is 2. The van der Waals surface area contributed by atoms with Crippen LogP contribution in [0, 0.1) is 0 Å². The van der Waals surface area contributed by atoms with Crippen LogP contribution < -0.4 is 9.47 Å². The van der Waals surface area contributed by atoms with E-state index >= 15 is 0 Å². The maximum absolute atomic E-state index is 11.6. The second kappa shape index (κ2) is 15.4. The Morgan fingerprint density at radius 1 is 0.690 bits per heavy atom. The standard InChI is InChI=1S/C33H28O5.4CH4/c1-23(2)32(35)38-22-21-37-27-17-13-25(14-18-27)33(24-11-15-26(16-12-24)36-20-19-34)30-9-5-3-7-28(30)29-8-4-6-10-31(29)33;;;;/h3-19H,1,20-22H2,2H3;4*1H4. The average Bonchev–Trinajstić information content (AvgIpc) is 3.26. The van der Waals surface area contributed by atoms with E-state index in [2.05, 4.69) is 79.4 Å². The van der Waals surface area contributed by atoms with Crippen molar-refractivity contribution >= 4 is 12.3 Å². The van der Waals surface area contributed by atoms with Gasteiger partial charge in [0.15, 0.2) is 6.29 Å². The molecule has 0 heterocycles. The lowest BCUT2D eigenvalue weighted by Crippen LogP contribution is -2.28. The summed E-state index contributed by atoms with van der Waals surface area (Å²) in [6.45, 7) is 5.61. The Morgan fingerprint density at radius 3 is 1.60 bits per heavy atom. The van der Waals surface area contributed by atoms with Gasteiger partial charge in [-0.3, -0.25) is 4.79 Å². The second-order valence-electron chi connectivity index (χ2n) is 9.13. The van der Waals surface area contributed by atoms with Crippen LogP contribution in [-0.2, 0) is 19.7 Å². The smallest absolute Gasteiger partial charge is 0.333 e. The zero-order valence-corrected chi connectivity index (χ0v) is 21.2. The summed E-state index contributed by atoms with van der Waals surface area (Å²) >= 11 is 0. The van der Waals surface area contributed by atoms with Crippen LogP contribution in [0.5, 0.6) is 11.5 Å². The second-order valence-corrected chi connectivity index (χ2v) is 9.13. The van der Waals surface area contributed by atoms with E-state index in [1.54, 1.807) is 6.92 Å². The van der Waals surface area contributed by atoms with E-state index in [0.717, 1.165) is 17.4 Å². The van der Waals surface area contributed by atoms with Gasteiger partial charge in [-0.1, -0.05) is 109 Å². The molecule has 1 aliphatic carbocycles. The van der Waals surface area contributed by atoms with Crippen molar-refractivity contribution in [2.24, 2.45) is 0 Å². The molecule has 0 aliphatic heterocycles. The van der Waals surface area contributed by atoms with E-state index < -0.39 is 11.4 Å². The SMILES string of the molecule is C.C.C.C.C=C(C)C(=O)OCCOc1ccc(C2(c3ccc(OCC=O)cc3)c3ccccc3-c3ccccc32)cc1. The summed E-state index contributed by atoms with van der Waals surface area (Å²) in [4.78, 5) is 22.4. The van der Waals surface area contributed by atoms with Crippen molar-refractivity contribution in [2.45, 2.75) is 42.0 Å². The number of rotatable bonds is 10. The van der Waals surface area contributed by atoms with Gasteiger partial charge in [0.1, 0.15) is 31.3 Å². The Morgan fingerprint density at radius 2 is 1.14 bits per heavy atom. The van der Waals surface area contributed by atoms with Gasteiger partial charge in [0, 0.05) is 5.57 Å². The van der Waals surface area contributed by atoms with Gasteiger partial charge >= 0.3 is 5.97 Å². The Hall–Kier alpha value is -4.64. The van der Waals surface area contributed by atoms with E-state index in [1.807, 2.05) is 24.3 Å². The van der Waals surface area contributed by atoms with Crippen molar-refractivity contribution < 1.29 is 23.8 Å². The van der Waals surface area contributed by atoms with Crippen LogP contribution in [0.2, 0.25) is 0 Å². The Kier molecular flexibility index (Phi) is 13.0. The summed E-state index contributed by atoms with van der Waals surface area (Å²) in [5, 5.41) is 0. The zero-order chi connectivity index (χ0) is 26.5. The lowest BCUT2D eigenvalue weighted by molar-refractivity contribution is -0.139. The fourth-order valence-corrected chi connectivity index (χ4v) is 5.17. The van der Waals surface area contributed by atoms with Crippen LogP contribution in [0.4, 0.5) is 0 Å². The Labute approximate surface area is 251 Å². The molecule has 4 aromatic rings. The first-order valence-electron chi connectivity index (χ1n) is 12.5. The van der Waals surface area contributed by atoms with E-state index in [0.29, 0.717) is 17.1 Å². The lowest BCUT2D eigenvalue weighted by Gasteiger charge is -2.34. The van der Waals surface area contributed by atoms with Crippen LogP contribution in [-0.4, -0.2) is 32.1 Å². The molecule has 5 nitrogen and oxygen atoms in total. The number of carbonyl (C=O) groups excluding carboxylic acids is 2. The number of esters is 1. The highest BCUT2D eigenvalue weighted by molar-refractivity contribution is 5.87. The minimum atomic E-state index is -0.550. The van der Waals surface area contributed by atoms with Crippen LogP contribution in [0.15, 0.2) is 109 Å². The molecule has 0 atom stereocenters. The summed E-state index contributed by atoms with van der Waals surface area (Å²) < 4.78 is 16.5. The molecule has 42 heavy (non-hydrogen) atoms. The third-order valence-electron chi connectivity index (χ3n) is 6.78. The van der Waals surface area contributed by atoms with E-state index in [-0.39, 0.29) is 49.5 Å². The fraction of sp³-hybridized carbons (Fsp3) is 0.243. The maximum Gasteiger partial charge on any atom is 0.333 e. The van der Waals surface area contributed by atoms with Crippen LogP contribution in [0.3, 0.4) is 0 Å². The van der Waals surface area contributed by atoms with Gasteiger partial charge in [0.2, 0.25) is 0 Å². The predicted molar refractivity (Wildman–Crippen MR) is 173 cm³/mol. The molecule has 5 rings (SSSR count). The molecule has 0 bridgehead atoms. The minimum absolute atomic E-state index is 0. The van der Waals surface area contributed by atoms with Crippen molar-refractivity contribution in [3.63, 3.8) is 0 Å². The highest BCUT2D eigenvalue weighted by Gasteiger charge is 2.45. The number of benzene rings is 4. The first kappa shape index (κ1) is 35.4. The van der Waals surface area contributed by atoms with Gasteiger partial charge in [-0.05, 0) is 64.6 Å². The van der Waals surface area contributed by atoms with Crippen molar-refractivity contribution in [2.75, 3.05) is 19.8 Å². The van der Waals surface area contributed by atoms with E-state index in [1.165, 1.54) is 22.3 Å². The van der Waals surface area contributed by atoms with Crippen molar-refractivity contribution in [1.82, 2.24) is 0 Å². The van der Waals surface area contributed by atoms with Crippen molar-refractivity contribution in [3.8, 4) is 22.6 Å². The number of fused-ring (bicyclic) bond motifs is 3. The molecule has 1 aliphatic rings. The molecule has 0 radical (unpaired) electrons. The molecule has 0 N–H and O–H groups in total. The van der Waals surface area contributed by atoms with Gasteiger partial charge < -0.3 is 14.2 Å². The third-order valence-corrected chi connectivity index (χ3v) is 6.78. The largest absolute Gasteiger partial charge is 0.490 e. The van der Waals surface area contributed by atoms with Crippen molar-refractivity contribution in [3.05, 3.63) is 131 Å². The molecule has 0 amide bonds. The Balaban J connectivity index is 0.00000220. The molecule has 0 saturated heterocycles. The summed E-state index contributed by atoms with van der Waals surface area (Å²) in [5.74, 6) is 0.908. The van der Waals surface area contributed by atoms with Gasteiger partial charge in [-0.25, -0.2) is 4.79 Å². The lowest BCUT2D eigenvalue weighted by atomic mass is 9.68. The zero-order valence-electron chi connectivity index (χ0n) is 21.2. The average molecular weight is 569 g/mol. The van der Waals surface area contributed by atoms with E-state index in [9.17, 15) is 9.59 Å². The quantitative estimate of drug-likeness (QED) is 0.0730. The molecule has 0 unspecified atom stereocenters. The Bertz CT molecular complexity index is 1420. The molecule has 0 saturated carbocycles. The monoisotopic (exact) mass is 568 g/mol.